The summed E-state index contributed by atoms with van der Waals surface area (Å²) in [6.45, 7) is 2.08. The number of alkyl halides is 2. The van der Waals surface area contributed by atoms with E-state index in [-0.39, 0.29) is 17.3 Å². The molecule has 0 atom stereocenters. The molecule has 0 spiro atoms. The van der Waals surface area contributed by atoms with E-state index in [1.54, 1.807) is 10.6 Å². The maximum atomic E-state index is 12.4. The highest BCUT2D eigenvalue weighted by atomic mass is 35.5. The van der Waals surface area contributed by atoms with Crippen LogP contribution in [-0.4, -0.2) is 25.7 Å². The van der Waals surface area contributed by atoms with Gasteiger partial charge in [-0.15, -0.1) is 0 Å². The lowest BCUT2D eigenvalue weighted by Gasteiger charge is -2.11. The van der Waals surface area contributed by atoms with E-state index in [2.05, 4.69) is 20.0 Å². The lowest BCUT2D eigenvalue weighted by atomic mass is 10.3. The number of hydrogen-bond acceptors (Lipinski definition) is 5. The first-order chi connectivity index (χ1) is 14.3. The van der Waals surface area contributed by atoms with Crippen LogP contribution < -0.4 is 21.3 Å². The van der Waals surface area contributed by atoms with E-state index in [4.69, 9.17) is 11.6 Å². The normalized spacial score (nSPS) is 11.4. The van der Waals surface area contributed by atoms with Gasteiger partial charge in [0.25, 0.3) is 5.56 Å². The van der Waals surface area contributed by atoms with Crippen molar-refractivity contribution in [3.8, 4) is 5.75 Å². The zero-order valence-electron chi connectivity index (χ0n) is 16.5. The number of aromatic nitrogens is 4. The second-order valence-corrected chi connectivity index (χ2v) is 6.99. The second kappa shape index (κ2) is 9.29. The molecular formula is C19H22ClF2N5O3. The summed E-state index contributed by atoms with van der Waals surface area (Å²) in [4.78, 5) is 31.6. The highest BCUT2D eigenvalue weighted by Crippen LogP contribution is 2.29. The topological polar surface area (TPSA) is 93.9 Å². The van der Waals surface area contributed by atoms with Gasteiger partial charge in [0.2, 0.25) is 0 Å². The molecule has 162 valence electrons. The average Bonchev–Trinajstić information content (AvgIpc) is 3.06. The number of unbranched alkanes of at least 4 members (excludes halogenated alkanes) is 1. The molecule has 0 unspecified atom stereocenters. The predicted molar refractivity (Wildman–Crippen MR) is 111 cm³/mol. The van der Waals surface area contributed by atoms with Gasteiger partial charge in [0.1, 0.15) is 11.6 Å². The van der Waals surface area contributed by atoms with E-state index in [9.17, 15) is 18.4 Å². The van der Waals surface area contributed by atoms with Gasteiger partial charge in [0.15, 0.2) is 11.2 Å². The van der Waals surface area contributed by atoms with Gasteiger partial charge in [0, 0.05) is 18.8 Å². The summed E-state index contributed by atoms with van der Waals surface area (Å²) in [7, 11) is 0. The van der Waals surface area contributed by atoms with Crippen molar-refractivity contribution in [3.05, 3.63) is 49.9 Å². The standard InChI is InChI=1S/C19H22ClF2N5O3/c1-3-5-8-27-16-15(17(28)25-19(27)29)26(4-2)14(24-16)10-23-11-6-7-13(12(20)9-11)30-18(21)22/h6-7,9,18,23H,3-5,8,10H2,1-2H3,(H,25,28,29). The van der Waals surface area contributed by atoms with Crippen LogP contribution in [0.15, 0.2) is 27.8 Å². The highest BCUT2D eigenvalue weighted by Gasteiger charge is 2.17. The number of aromatic amines is 1. The molecule has 30 heavy (non-hydrogen) atoms. The predicted octanol–water partition coefficient (Wildman–Crippen LogP) is 3.57. The van der Waals surface area contributed by atoms with Crippen molar-refractivity contribution in [2.75, 3.05) is 5.32 Å². The Labute approximate surface area is 175 Å². The Bertz CT molecular complexity index is 1160. The third kappa shape index (κ3) is 4.48. The number of fused-ring (bicyclic) bond motifs is 1. The van der Waals surface area contributed by atoms with Crippen molar-refractivity contribution in [1.29, 1.82) is 0 Å². The molecule has 2 heterocycles. The van der Waals surface area contributed by atoms with Crippen LogP contribution in [0.2, 0.25) is 5.02 Å². The summed E-state index contributed by atoms with van der Waals surface area (Å²) in [6.07, 6.45) is 1.67. The monoisotopic (exact) mass is 441 g/mol. The molecular weight excluding hydrogens is 420 g/mol. The summed E-state index contributed by atoms with van der Waals surface area (Å²) >= 11 is 5.98. The summed E-state index contributed by atoms with van der Waals surface area (Å²) in [5.41, 5.74) is 0.273. The van der Waals surface area contributed by atoms with E-state index < -0.39 is 17.9 Å². The van der Waals surface area contributed by atoms with E-state index in [1.807, 2.05) is 13.8 Å². The maximum Gasteiger partial charge on any atom is 0.387 e. The number of nitrogens with one attached hydrogen (secondary N) is 2. The minimum atomic E-state index is -2.96. The van der Waals surface area contributed by atoms with Crippen LogP contribution in [-0.2, 0) is 19.6 Å². The number of nitrogens with zero attached hydrogens (tertiary/aromatic N) is 3. The summed E-state index contributed by atoms with van der Waals surface area (Å²) in [5, 5.41) is 3.14. The summed E-state index contributed by atoms with van der Waals surface area (Å²) in [5.74, 6) is 0.433. The zero-order valence-corrected chi connectivity index (χ0v) is 17.3. The van der Waals surface area contributed by atoms with Crippen molar-refractivity contribution in [3.63, 3.8) is 0 Å². The molecule has 0 amide bonds. The fraction of sp³-hybridized carbons (Fsp3) is 0.421. The van der Waals surface area contributed by atoms with Crippen LogP contribution in [0.3, 0.4) is 0 Å². The maximum absolute atomic E-state index is 12.4. The Morgan fingerprint density at radius 1 is 1.27 bits per heavy atom. The number of rotatable bonds is 9. The first kappa shape index (κ1) is 21.8. The Morgan fingerprint density at radius 2 is 2.03 bits per heavy atom. The van der Waals surface area contributed by atoms with E-state index in [0.717, 1.165) is 12.8 Å². The quantitative estimate of drug-likeness (QED) is 0.529. The van der Waals surface area contributed by atoms with Crippen LogP contribution in [0, 0.1) is 0 Å². The number of imidazole rings is 1. The van der Waals surface area contributed by atoms with Crippen molar-refractivity contribution in [2.24, 2.45) is 0 Å². The largest absolute Gasteiger partial charge is 0.433 e. The van der Waals surface area contributed by atoms with Crippen LogP contribution in [0.5, 0.6) is 5.75 Å². The van der Waals surface area contributed by atoms with Crippen molar-refractivity contribution >= 4 is 28.5 Å². The number of benzene rings is 1. The number of halogens is 3. The van der Waals surface area contributed by atoms with Gasteiger partial charge < -0.3 is 14.6 Å². The number of anilines is 1. The van der Waals surface area contributed by atoms with E-state index >= 15 is 0 Å². The third-order valence-corrected chi connectivity index (χ3v) is 4.91. The molecule has 8 nitrogen and oxygen atoms in total. The molecule has 0 aliphatic carbocycles. The fourth-order valence-electron chi connectivity index (χ4n) is 3.20. The van der Waals surface area contributed by atoms with Crippen LogP contribution in [0.25, 0.3) is 11.2 Å². The smallest absolute Gasteiger partial charge is 0.387 e. The summed E-state index contributed by atoms with van der Waals surface area (Å²) < 4.78 is 32.3. The van der Waals surface area contributed by atoms with Gasteiger partial charge in [0.05, 0.1) is 11.6 Å². The van der Waals surface area contributed by atoms with Crippen LogP contribution in [0.1, 0.15) is 32.5 Å². The van der Waals surface area contributed by atoms with Gasteiger partial charge in [-0.2, -0.15) is 8.78 Å². The number of hydrogen-bond donors (Lipinski definition) is 2. The van der Waals surface area contributed by atoms with Gasteiger partial charge in [-0.1, -0.05) is 24.9 Å². The van der Waals surface area contributed by atoms with Gasteiger partial charge in [-0.05, 0) is 31.5 Å². The van der Waals surface area contributed by atoms with E-state index in [1.165, 1.54) is 16.7 Å². The van der Waals surface area contributed by atoms with Crippen molar-refractivity contribution in [1.82, 2.24) is 19.1 Å². The minimum absolute atomic E-state index is 0.0362. The molecule has 2 aromatic heterocycles. The molecule has 0 bridgehead atoms. The Balaban J connectivity index is 1.93. The molecule has 0 radical (unpaired) electrons. The number of aryl methyl sites for hydroxylation is 2. The Morgan fingerprint density at radius 3 is 2.67 bits per heavy atom. The second-order valence-electron chi connectivity index (χ2n) is 6.59. The van der Waals surface area contributed by atoms with Gasteiger partial charge in [-0.3, -0.25) is 14.3 Å². The first-order valence-corrected chi connectivity index (χ1v) is 9.93. The molecule has 1 aromatic carbocycles. The highest BCUT2D eigenvalue weighted by molar-refractivity contribution is 6.32. The lowest BCUT2D eigenvalue weighted by molar-refractivity contribution is -0.0497. The van der Waals surface area contributed by atoms with Crippen LogP contribution in [0.4, 0.5) is 14.5 Å². The van der Waals surface area contributed by atoms with Crippen molar-refractivity contribution < 1.29 is 13.5 Å². The fourth-order valence-corrected chi connectivity index (χ4v) is 3.43. The first-order valence-electron chi connectivity index (χ1n) is 9.56. The molecule has 11 heteroatoms. The molecule has 0 saturated carbocycles. The SMILES string of the molecule is CCCCn1c(=O)[nH]c(=O)c2c1nc(CNc1ccc(OC(F)F)c(Cl)c1)n2CC. The molecule has 2 N–H and O–H groups in total. The molecule has 3 rings (SSSR count). The van der Waals surface area contributed by atoms with E-state index in [0.29, 0.717) is 35.8 Å². The number of ether oxygens (including phenoxy) is 1. The van der Waals surface area contributed by atoms with Crippen molar-refractivity contribution in [2.45, 2.75) is 52.9 Å². The van der Waals surface area contributed by atoms with Gasteiger partial charge in [-0.25, -0.2) is 9.78 Å². The third-order valence-electron chi connectivity index (χ3n) is 4.61. The molecule has 3 aromatic rings. The number of H-pyrrole nitrogens is 1. The van der Waals surface area contributed by atoms with Crippen LogP contribution >= 0.6 is 11.6 Å². The molecule has 0 aliphatic heterocycles. The molecule has 0 fully saturated rings. The zero-order chi connectivity index (χ0) is 21.8. The molecule has 0 aliphatic rings. The van der Waals surface area contributed by atoms with Gasteiger partial charge >= 0.3 is 12.3 Å². The lowest BCUT2D eigenvalue weighted by Crippen LogP contribution is -2.31. The molecule has 0 saturated heterocycles. The average molecular weight is 442 g/mol. The summed E-state index contributed by atoms with van der Waals surface area (Å²) in [6, 6.07) is 4.35. The minimum Gasteiger partial charge on any atom is -0.433 e. The Hall–Kier alpha value is -2.88. The Kier molecular flexibility index (Phi) is 6.76.